The molecule has 1 aromatic heterocycles. The highest BCUT2D eigenvalue weighted by Gasteiger charge is 2.34. The Bertz CT molecular complexity index is 445. The standard InChI is InChI=1S/C15H22N2OS/c1-11-6-9-19-14(11)10-16-13-4-7-17(8-5-13)15(18)12-2-3-12/h6,9,12-13,16H,2-5,7-8,10H2,1H3. The first-order valence-corrected chi connectivity index (χ1v) is 8.17. The molecule has 3 nitrogen and oxygen atoms in total. The van der Waals surface area contributed by atoms with Crippen LogP contribution in [0.4, 0.5) is 0 Å². The molecule has 104 valence electrons. The lowest BCUT2D eigenvalue weighted by Crippen LogP contribution is -2.45. The van der Waals surface area contributed by atoms with Gasteiger partial charge in [-0.25, -0.2) is 0 Å². The summed E-state index contributed by atoms with van der Waals surface area (Å²) in [6, 6.07) is 2.75. The Morgan fingerprint density at radius 2 is 2.11 bits per heavy atom. The maximum Gasteiger partial charge on any atom is 0.225 e. The van der Waals surface area contributed by atoms with E-state index in [1.165, 1.54) is 10.4 Å². The summed E-state index contributed by atoms with van der Waals surface area (Å²) in [6.07, 6.45) is 4.44. The van der Waals surface area contributed by atoms with Gasteiger partial charge >= 0.3 is 0 Å². The van der Waals surface area contributed by atoms with Crippen LogP contribution in [0.1, 0.15) is 36.1 Å². The van der Waals surface area contributed by atoms with Gasteiger partial charge in [-0.2, -0.15) is 0 Å². The fourth-order valence-corrected chi connectivity index (χ4v) is 3.57. The summed E-state index contributed by atoms with van der Waals surface area (Å²) in [4.78, 5) is 15.5. The summed E-state index contributed by atoms with van der Waals surface area (Å²) in [6.45, 7) is 5.03. The van der Waals surface area contributed by atoms with Gasteiger partial charge in [-0.05, 0) is 49.6 Å². The van der Waals surface area contributed by atoms with Crippen molar-refractivity contribution in [2.24, 2.45) is 5.92 Å². The number of carbonyl (C=O) groups is 1. The molecular formula is C15H22N2OS. The highest BCUT2D eigenvalue weighted by atomic mass is 32.1. The number of rotatable bonds is 4. The first-order valence-electron chi connectivity index (χ1n) is 7.29. The number of piperidine rings is 1. The van der Waals surface area contributed by atoms with E-state index in [2.05, 4.69) is 28.6 Å². The fourth-order valence-electron chi connectivity index (χ4n) is 2.71. The van der Waals surface area contributed by atoms with Crippen LogP contribution in [0.15, 0.2) is 11.4 Å². The van der Waals surface area contributed by atoms with Gasteiger partial charge in [0.15, 0.2) is 0 Å². The first kappa shape index (κ1) is 13.1. The van der Waals surface area contributed by atoms with Gasteiger partial charge in [-0.3, -0.25) is 4.79 Å². The number of hydrogen-bond acceptors (Lipinski definition) is 3. The number of thiophene rings is 1. The average Bonchev–Trinajstić information content (AvgIpc) is 3.20. The Kier molecular flexibility index (Phi) is 3.89. The zero-order valence-corrected chi connectivity index (χ0v) is 12.3. The molecule has 1 aliphatic carbocycles. The number of hydrogen-bond donors (Lipinski definition) is 1. The van der Waals surface area contributed by atoms with Gasteiger partial charge in [0.1, 0.15) is 0 Å². The molecule has 0 radical (unpaired) electrons. The number of nitrogens with zero attached hydrogens (tertiary/aromatic N) is 1. The van der Waals surface area contributed by atoms with E-state index in [9.17, 15) is 4.79 Å². The Hall–Kier alpha value is -0.870. The van der Waals surface area contributed by atoms with Crippen molar-refractivity contribution in [2.45, 2.75) is 45.2 Å². The summed E-state index contributed by atoms with van der Waals surface area (Å²) >= 11 is 1.83. The summed E-state index contributed by atoms with van der Waals surface area (Å²) in [5.41, 5.74) is 1.39. The molecule has 0 aromatic carbocycles. The molecule has 2 heterocycles. The molecule has 0 bridgehead atoms. The number of nitrogens with one attached hydrogen (secondary N) is 1. The third kappa shape index (κ3) is 3.18. The summed E-state index contributed by atoms with van der Waals surface area (Å²) < 4.78 is 0. The smallest absolute Gasteiger partial charge is 0.225 e. The van der Waals surface area contributed by atoms with Crippen LogP contribution < -0.4 is 5.32 Å². The molecule has 19 heavy (non-hydrogen) atoms. The van der Waals surface area contributed by atoms with Gasteiger partial charge in [0, 0.05) is 36.5 Å². The van der Waals surface area contributed by atoms with Crippen LogP contribution in [-0.2, 0) is 11.3 Å². The minimum Gasteiger partial charge on any atom is -0.342 e. The van der Waals surface area contributed by atoms with Crippen molar-refractivity contribution in [3.8, 4) is 0 Å². The maximum absolute atomic E-state index is 12.0. The lowest BCUT2D eigenvalue weighted by Gasteiger charge is -2.32. The lowest BCUT2D eigenvalue weighted by atomic mass is 10.0. The topological polar surface area (TPSA) is 32.3 Å². The molecule has 0 unspecified atom stereocenters. The largest absolute Gasteiger partial charge is 0.342 e. The van der Waals surface area contributed by atoms with Crippen molar-refractivity contribution in [1.82, 2.24) is 10.2 Å². The normalized spacial score (nSPS) is 20.8. The quantitative estimate of drug-likeness (QED) is 0.918. The Morgan fingerprint density at radius 3 is 2.68 bits per heavy atom. The third-order valence-electron chi connectivity index (χ3n) is 4.25. The molecule has 1 aliphatic heterocycles. The van der Waals surface area contributed by atoms with E-state index in [4.69, 9.17) is 0 Å². The predicted molar refractivity (Wildman–Crippen MR) is 78.2 cm³/mol. The minimum atomic E-state index is 0.373. The Labute approximate surface area is 119 Å². The number of carbonyl (C=O) groups excluding carboxylic acids is 1. The molecule has 1 N–H and O–H groups in total. The van der Waals surface area contributed by atoms with Crippen LogP contribution in [0.3, 0.4) is 0 Å². The highest BCUT2D eigenvalue weighted by Crippen LogP contribution is 2.31. The lowest BCUT2D eigenvalue weighted by molar-refractivity contribution is -0.133. The van der Waals surface area contributed by atoms with Crippen molar-refractivity contribution in [3.63, 3.8) is 0 Å². The molecule has 4 heteroatoms. The summed E-state index contributed by atoms with van der Waals surface area (Å²) in [5.74, 6) is 0.783. The Balaban J connectivity index is 1.43. The monoisotopic (exact) mass is 278 g/mol. The Morgan fingerprint density at radius 1 is 1.37 bits per heavy atom. The molecular weight excluding hydrogens is 256 g/mol. The summed E-state index contributed by atoms with van der Waals surface area (Å²) in [5, 5.41) is 5.80. The highest BCUT2D eigenvalue weighted by molar-refractivity contribution is 7.10. The molecule has 2 aliphatic rings. The second-order valence-electron chi connectivity index (χ2n) is 5.78. The predicted octanol–water partition coefficient (Wildman–Crippen LogP) is 2.55. The van der Waals surface area contributed by atoms with E-state index in [0.29, 0.717) is 17.9 Å². The second kappa shape index (κ2) is 5.63. The number of amides is 1. The first-order chi connectivity index (χ1) is 9.24. The van der Waals surface area contributed by atoms with E-state index < -0.39 is 0 Å². The van der Waals surface area contributed by atoms with Gasteiger partial charge in [0.05, 0.1) is 0 Å². The summed E-state index contributed by atoms with van der Waals surface area (Å²) in [7, 11) is 0. The number of likely N-dealkylation sites (tertiary alicyclic amines) is 1. The molecule has 0 spiro atoms. The van der Waals surface area contributed by atoms with Crippen molar-refractivity contribution in [1.29, 1.82) is 0 Å². The fraction of sp³-hybridized carbons (Fsp3) is 0.667. The average molecular weight is 278 g/mol. The van der Waals surface area contributed by atoms with E-state index in [1.807, 2.05) is 11.3 Å². The molecule has 2 fully saturated rings. The van der Waals surface area contributed by atoms with Crippen molar-refractivity contribution < 1.29 is 4.79 Å². The molecule has 3 rings (SSSR count). The third-order valence-corrected chi connectivity index (χ3v) is 5.28. The van der Waals surface area contributed by atoms with Crippen molar-refractivity contribution in [2.75, 3.05) is 13.1 Å². The van der Waals surface area contributed by atoms with E-state index in [1.54, 1.807) is 0 Å². The van der Waals surface area contributed by atoms with Gasteiger partial charge in [0.25, 0.3) is 0 Å². The van der Waals surface area contributed by atoms with Crippen LogP contribution in [0, 0.1) is 12.8 Å². The van der Waals surface area contributed by atoms with Gasteiger partial charge in [0.2, 0.25) is 5.91 Å². The van der Waals surface area contributed by atoms with E-state index in [0.717, 1.165) is 45.3 Å². The van der Waals surface area contributed by atoms with Crippen molar-refractivity contribution >= 4 is 17.2 Å². The molecule has 0 atom stereocenters. The number of aryl methyl sites for hydroxylation is 1. The zero-order valence-electron chi connectivity index (χ0n) is 11.5. The van der Waals surface area contributed by atoms with Crippen LogP contribution >= 0.6 is 11.3 Å². The molecule has 1 saturated heterocycles. The molecule has 1 aromatic rings. The van der Waals surface area contributed by atoms with Gasteiger partial charge in [-0.15, -0.1) is 11.3 Å². The second-order valence-corrected chi connectivity index (χ2v) is 6.78. The maximum atomic E-state index is 12.0. The molecule has 1 amide bonds. The van der Waals surface area contributed by atoms with Gasteiger partial charge in [-0.1, -0.05) is 0 Å². The molecule has 1 saturated carbocycles. The minimum absolute atomic E-state index is 0.373. The van der Waals surface area contributed by atoms with Crippen LogP contribution in [-0.4, -0.2) is 29.9 Å². The van der Waals surface area contributed by atoms with E-state index in [-0.39, 0.29) is 0 Å². The van der Waals surface area contributed by atoms with Crippen molar-refractivity contribution in [3.05, 3.63) is 21.9 Å². The van der Waals surface area contributed by atoms with Crippen LogP contribution in [0.5, 0.6) is 0 Å². The van der Waals surface area contributed by atoms with Gasteiger partial charge < -0.3 is 10.2 Å². The SMILES string of the molecule is Cc1ccsc1CNC1CCN(C(=O)C2CC2)CC1. The zero-order chi connectivity index (χ0) is 13.2. The van der Waals surface area contributed by atoms with Crippen LogP contribution in [0.25, 0.3) is 0 Å². The van der Waals surface area contributed by atoms with E-state index >= 15 is 0 Å². The van der Waals surface area contributed by atoms with Crippen LogP contribution in [0.2, 0.25) is 0 Å².